The Balaban J connectivity index is 1.49. The molecule has 0 bridgehead atoms. The summed E-state index contributed by atoms with van der Waals surface area (Å²) in [4.78, 5) is 6.53. The Morgan fingerprint density at radius 3 is 2.22 bits per heavy atom. The molecule has 0 fully saturated rings. The van der Waals surface area contributed by atoms with Crippen molar-refractivity contribution in [3.63, 3.8) is 0 Å². The van der Waals surface area contributed by atoms with Crippen molar-refractivity contribution in [3.05, 3.63) is 97.0 Å². The van der Waals surface area contributed by atoms with Gasteiger partial charge in [0.25, 0.3) is 10.0 Å². The molecule has 4 aromatic rings. The number of benzene rings is 2. The zero-order valence-corrected chi connectivity index (χ0v) is 18.9. The van der Waals surface area contributed by atoms with Gasteiger partial charge in [0.2, 0.25) is 0 Å². The van der Waals surface area contributed by atoms with Gasteiger partial charge in [0.05, 0.1) is 17.6 Å². The molecule has 0 atom stereocenters. The van der Waals surface area contributed by atoms with Crippen molar-refractivity contribution in [3.8, 4) is 5.69 Å². The average Bonchev–Trinajstić information content (AvgIpc) is 3.29. The molecule has 32 heavy (non-hydrogen) atoms. The first-order valence-electron chi connectivity index (χ1n) is 10.3. The van der Waals surface area contributed by atoms with Crippen molar-refractivity contribution < 1.29 is 8.42 Å². The van der Waals surface area contributed by atoms with Crippen LogP contribution in [0.3, 0.4) is 0 Å². The number of aromatic nitrogens is 3. The minimum atomic E-state index is -3.69. The lowest BCUT2D eigenvalue weighted by Gasteiger charge is -2.23. The summed E-state index contributed by atoms with van der Waals surface area (Å²) >= 11 is 0. The van der Waals surface area contributed by atoms with Gasteiger partial charge in [-0.1, -0.05) is 36.4 Å². The first kappa shape index (κ1) is 21.6. The van der Waals surface area contributed by atoms with Gasteiger partial charge in [0, 0.05) is 38.1 Å². The van der Waals surface area contributed by atoms with E-state index in [0.717, 1.165) is 11.3 Å². The molecule has 2 aromatic carbocycles. The van der Waals surface area contributed by atoms with E-state index in [1.807, 2.05) is 84.5 Å². The molecule has 0 aliphatic rings. The summed E-state index contributed by atoms with van der Waals surface area (Å²) in [5, 5.41) is 4.42. The fourth-order valence-corrected chi connectivity index (χ4v) is 4.90. The molecule has 0 radical (unpaired) electrons. The van der Waals surface area contributed by atoms with E-state index >= 15 is 0 Å². The first-order chi connectivity index (χ1) is 15.5. The van der Waals surface area contributed by atoms with E-state index < -0.39 is 10.0 Å². The lowest BCUT2D eigenvalue weighted by atomic mass is 10.3. The predicted molar refractivity (Wildman–Crippen MR) is 127 cm³/mol. The molecule has 0 N–H and O–H groups in total. The molecular weight excluding hydrogens is 422 g/mol. The summed E-state index contributed by atoms with van der Waals surface area (Å²) in [6.07, 6.45) is 5.21. The van der Waals surface area contributed by atoms with Crippen molar-refractivity contribution >= 4 is 21.5 Å². The summed E-state index contributed by atoms with van der Waals surface area (Å²) in [6, 6.07) is 22.3. The highest BCUT2D eigenvalue weighted by Crippen LogP contribution is 2.24. The lowest BCUT2D eigenvalue weighted by molar-refractivity contribution is 0.591. The van der Waals surface area contributed by atoms with E-state index in [4.69, 9.17) is 0 Å². The van der Waals surface area contributed by atoms with E-state index in [2.05, 4.69) is 10.1 Å². The van der Waals surface area contributed by atoms with Crippen molar-refractivity contribution in [2.75, 3.05) is 22.8 Å². The Labute approximate surface area is 188 Å². The quantitative estimate of drug-likeness (QED) is 0.406. The molecular formula is C24H25N5O2S. The third-order valence-electron chi connectivity index (χ3n) is 5.11. The minimum absolute atomic E-state index is 0.164. The van der Waals surface area contributed by atoms with Gasteiger partial charge in [-0.15, -0.1) is 0 Å². The summed E-state index contributed by atoms with van der Waals surface area (Å²) in [7, 11) is -1.78. The number of pyridine rings is 1. The van der Waals surface area contributed by atoms with Crippen LogP contribution in [0.4, 0.5) is 11.5 Å². The molecule has 2 heterocycles. The highest BCUT2D eigenvalue weighted by molar-refractivity contribution is 7.92. The Kier molecular flexibility index (Phi) is 6.23. The molecule has 0 saturated carbocycles. The van der Waals surface area contributed by atoms with Crippen LogP contribution in [-0.4, -0.2) is 36.8 Å². The van der Waals surface area contributed by atoms with Gasteiger partial charge in [-0.2, -0.15) is 5.10 Å². The van der Waals surface area contributed by atoms with Crippen LogP contribution in [-0.2, 0) is 16.6 Å². The maximum Gasteiger partial charge on any atom is 0.265 e. The van der Waals surface area contributed by atoms with Gasteiger partial charge in [-0.25, -0.2) is 18.1 Å². The number of rotatable bonds is 8. The topological polar surface area (TPSA) is 71.3 Å². The van der Waals surface area contributed by atoms with Crippen LogP contribution in [0.15, 0.2) is 96.3 Å². The van der Waals surface area contributed by atoms with Crippen LogP contribution in [0.5, 0.6) is 0 Å². The second kappa shape index (κ2) is 9.23. The second-order valence-electron chi connectivity index (χ2n) is 7.34. The first-order valence-corrected chi connectivity index (χ1v) is 11.8. The smallest absolute Gasteiger partial charge is 0.265 e. The maximum absolute atomic E-state index is 13.1. The number of para-hydroxylation sites is 2. The second-order valence-corrected chi connectivity index (χ2v) is 9.20. The van der Waals surface area contributed by atoms with Crippen LogP contribution >= 0.6 is 0 Å². The molecule has 2 aromatic heterocycles. The van der Waals surface area contributed by atoms with Crippen molar-refractivity contribution in [1.82, 2.24) is 14.8 Å². The summed E-state index contributed by atoms with van der Waals surface area (Å²) < 4.78 is 29.5. The Hall–Kier alpha value is -3.65. The third kappa shape index (κ3) is 4.50. The third-order valence-corrected chi connectivity index (χ3v) is 6.99. The van der Waals surface area contributed by atoms with Crippen molar-refractivity contribution in [2.45, 2.75) is 18.4 Å². The van der Waals surface area contributed by atoms with Crippen LogP contribution in [0.25, 0.3) is 5.69 Å². The zero-order valence-electron chi connectivity index (χ0n) is 18.0. The molecule has 0 amide bonds. The number of hydrogen-bond acceptors (Lipinski definition) is 5. The van der Waals surface area contributed by atoms with E-state index in [1.54, 1.807) is 24.3 Å². The van der Waals surface area contributed by atoms with Gasteiger partial charge in [0.1, 0.15) is 10.7 Å². The number of sulfonamides is 1. The van der Waals surface area contributed by atoms with E-state index in [0.29, 0.717) is 24.6 Å². The monoisotopic (exact) mass is 447 g/mol. The molecule has 0 saturated heterocycles. The van der Waals surface area contributed by atoms with E-state index in [9.17, 15) is 8.42 Å². The normalized spacial score (nSPS) is 11.3. The average molecular weight is 448 g/mol. The Morgan fingerprint density at radius 2 is 1.59 bits per heavy atom. The van der Waals surface area contributed by atoms with E-state index in [1.165, 1.54) is 10.5 Å². The molecule has 0 aliphatic carbocycles. The van der Waals surface area contributed by atoms with Crippen molar-refractivity contribution in [2.24, 2.45) is 0 Å². The van der Waals surface area contributed by atoms with Gasteiger partial charge >= 0.3 is 0 Å². The molecule has 0 aliphatic heterocycles. The Bertz CT molecular complexity index is 1260. The van der Waals surface area contributed by atoms with Gasteiger partial charge in [-0.05, 0) is 43.3 Å². The van der Waals surface area contributed by atoms with E-state index in [-0.39, 0.29) is 4.90 Å². The fourth-order valence-electron chi connectivity index (χ4n) is 3.48. The Morgan fingerprint density at radius 1 is 0.906 bits per heavy atom. The molecule has 0 unspecified atom stereocenters. The van der Waals surface area contributed by atoms with Crippen LogP contribution in [0.1, 0.15) is 12.5 Å². The SMILES string of the molecule is CCN(c1ccccc1)S(=O)(=O)c1ccc(N(C)Cc2cnn(-c3ccccc3)c2)nc1. The summed E-state index contributed by atoms with van der Waals surface area (Å²) in [6.45, 7) is 2.74. The molecule has 0 spiro atoms. The minimum Gasteiger partial charge on any atom is -0.355 e. The highest BCUT2D eigenvalue weighted by Gasteiger charge is 2.24. The predicted octanol–water partition coefficient (Wildman–Crippen LogP) is 4.12. The largest absolute Gasteiger partial charge is 0.355 e. The number of hydrogen-bond donors (Lipinski definition) is 0. The maximum atomic E-state index is 13.1. The van der Waals surface area contributed by atoms with Crippen LogP contribution in [0, 0.1) is 0 Å². The fraction of sp³-hybridized carbons (Fsp3) is 0.167. The van der Waals surface area contributed by atoms with Gasteiger partial charge < -0.3 is 4.90 Å². The molecule has 7 nitrogen and oxygen atoms in total. The standard InChI is InChI=1S/C24H25N5O2S/c1-3-29(22-12-8-5-9-13-22)32(30,31)23-14-15-24(25-17-23)27(2)18-20-16-26-28(19-20)21-10-6-4-7-11-21/h4-17,19H,3,18H2,1-2H3. The molecule has 4 rings (SSSR count). The van der Waals surface area contributed by atoms with Crippen LogP contribution in [0.2, 0.25) is 0 Å². The number of nitrogens with zero attached hydrogens (tertiary/aromatic N) is 5. The summed E-state index contributed by atoms with van der Waals surface area (Å²) in [5.74, 6) is 0.680. The van der Waals surface area contributed by atoms with Crippen LogP contribution < -0.4 is 9.21 Å². The van der Waals surface area contributed by atoms with Gasteiger partial charge in [-0.3, -0.25) is 4.31 Å². The molecule has 164 valence electrons. The highest BCUT2D eigenvalue weighted by atomic mass is 32.2. The summed E-state index contributed by atoms with van der Waals surface area (Å²) in [5.41, 5.74) is 2.65. The number of anilines is 2. The lowest BCUT2D eigenvalue weighted by Crippen LogP contribution is -2.30. The zero-order chi connectivity index (χ0) is 22.6. The molecule has 8 heteroatoms. The van der Waals surface area contributed by atoms with Gasteiger partial charge in [0.15, 0.2) is 0 Å². The van der Waals surface area contributed by atoms with Crippen molar-refractivity contribution in [1.29, 1.82) is 0 Å².